The van der Waals surface area contributed by atoms with E-state index in [0.29, 0.717) is 17.6 Å². The number of piperidine rings is 1. The Bertz CT molecular complexity index is 1130. The molecule has 0 bridgehead atoms. The van der Waals surface area contributed by atoms with Gasteiger partial charge in [0.1, 0.15) is 5.69 Å². The summed E-state index contributed by atoms with van der Waals surface area (Å²) in [6.07, 6.45) is 2.24. The summed E-state index contributed by atoms with van der Waals surface area (Å²) in [5.74, 6) is 1.37. The van der Waals surface area contributed by atoms with Crippen molar-refractivity contribution in [3.05, 3.63) is 46.4 Å². The third kappa shape index (κ3) is 3.76. The van der Waals surface area contributed by atoms with Crippen molar-refractivity contribution in [1.29, 1.82) is 0 Å². The highest BCUT2D eigenvalue weighted by molar-refractivity contribution is 6.08. The first-order chi connectivity index (χ1) is 14.4. The van der Waals surface area contributed by atoms with Crippen LogP contribution in [0, 0.1) is 11.8 Å². The Morgan fingerprint density at radius 3 is 2.50 bits per heavy atom. The van der Waals surface area contributed by atoms with E-state index in [1.165, 1.54) is 6.42 Å². The molecule has 1 aliphatic rings. The van der Waals surface area contributed by atoms with E-state index in [-0.39, 0.29) is 11.5 Å². The number of hydrogen-bond acceptors (Lipinski definition) is 3. The highest BCUT2D eigenvalue weighted by atomic mass is 16.2. The van der Waals surface area contributed by atoms with Gasteiger partial charge in [0.05, 0.1) is 16.4 Å². The number of nitrogens with zero attached hydrogens (tertiary/aromatic N) is 3. The van der Waals surface area contributed by atoms with Crippen LogP contribution in [-0.2, 0) is 14.1 Å². The van der Waals surface area contributed by atoms with Gasteiger partial charge in [-0.25, -0.2) is 0 Å². The largest absolute Gasteiger partial charge is 0.351 e. The topological polar surface area (TPSA) is 59.3 Å². The highest BCUT2D eigenvalue weighted by Gasteiger charge is 2.22. The average molecular weight is 409 g/mol. The molecule has 3 heterocycles. The first-order valence-electron chi connectivity index (χ1n) is 10.9. The molecule has 0 spiro atoms. The van der Waals surface area contributed by atoms with Gasteiger partial charge in [-0.15, -0.1) is 0 Å². The molecule has 0 saturated carbocycles. The van der Waals surface area contributed by atoms with Crippen LogP contribution in [0.5, 0.6) is 0 Å². The quantitative estimate of drug-likeness (QED) is 0.660. The molecule has 160 valence electrons. The lowest BCUT2D eigenvalue weighted by molar-refractivity contribution is 0.0939. The Labute approximate surface area is 177 Å². The molecule has 2 aromatic heterocycles. The van der Waals surface area contributed by atoms with Crippen LogP contribution < -0.4 is 10.9 Å². The van der Waals surface area contributed by atoms with Gasteiger partial charge in [0, 0.05) is 39.1 Å². The Hall–Kier alpha value is -2.60. The van der Waals surface area contributed by atoms with E-state index < -0.39 is 0 Å². The molecule has 30 heavy (non-hydrogen) atoms. The molecule has 1 fully saturated rings. The SMILES string of the molecule is C[C@@H]1C[C@@H](C)CN(CCCNC(=O)c2cc3c(=O)n(C)c4ccccc4c3n2C)C1. The fourth-order valence-electron chi connectivity index (χ4n) is 5.14. The number of likely N-dealkylation sites (tertiary alicyclic amines) is 1. The Morgan fingerprint density at radius 1 is 1.07 bits per heavy atom. The zero-order valence-corrected chi connectivity index (χ0v) is 18.4. The fourth-order valence-corrected chi connectivity index (χ4v) is 5.14. The maximum Gasteiger partial charge on any atom is 0.267 e. The number of pyridine rings is 1. The first-order valence-corrected chi connectivity index (χ1v) is 10.9. The lowest BCUT2D eigenvalue weighted by Crippen LogP contribution is -2.40. The molecule has 4 rings (SSSR count). The Kier molecular flexibility index (Phi) is 5.69. The van der Waals surface area contributed by atoms with Crippen molar-refractivity contribution in [1.82, 2.24) is 19.4 Å². The van der Waals surface area contributed by atoms with Crippen LogP contribution >= 0.6 is 0 Å². The van der Waals surface area contributed by atoms with E-state index in [1.54, 1.807) is 17.7 Å². The highest BCUT2D eigenvalue weighted by Crippen LogP contribution is 2.25. The molecule has 1 saturated heterocycles. The zero-order valence-electron chi connectivity index (χ0n) is 18.4. The smallest absolute Gasteiger partial charge is 0.267 e. The van der Waals surface area contributed by atoms with Crippen molar-refractivity contribution in [2.75, 3.05) is 26.2 Å². The third-order valence-electron chi connectivity index (χ3n) is 6.40. The third-order valence-corrected chi connectivity index (χ3v) is 6.40. The van der Waals surface area contributed by atoms with E-state index in [4.69, 9.17) is 0 Å². The second kappa shape index (κ2) is 8.26. The van der Waals surface area contributed by atoms with Gasteiger partial charge in [0.2, 0.25) is 0 Å². The van der Waals surface area contributed by atoms with E-state index >= 15 is 0 Å². The predicted octanol–water partition coefficient (Wildman–Crippen LogP) is 3.13. The summed E-state index contributed by atoms with van der Waals surface area (Å²) >= 11 is 0. The van der Waals surface area contributed by atoms with E-state index in [1.807, 2.05) is 35.9 Å². The zero-order chi connectivity index (χ0) is 21.4. The summed E-state index contributed by atoms with van der Waals surface area (Å²) in [6, 6.07) is 9.55. The van der Waals surface area contributed by atoms with Gasteiger partial charge in [-0.2, -0.15) is 0 Å². The lowest BCUT2D eigenvalue weighted by Gasteiger charge is -2.34. The minimum absolute atomic E-state index is 0.0771. The number of fused-ring (bicyclic) bond motifs is 3. The van der Waals surface area contributed by atoms with Crippen LogP contribution in [0.2, 0.25) is 0 Å². The monoisotopic (exact) mass is 408 g/mol. The summed E-state index contributed by atoms with van der Waals surface area (Å²) in [6.45, 7) is 8.58. The van der Waals surface area contributed by atoms with Crippen molar-refractivity contribution in [3.8, 4) is 0 Å². The summed E-state index contributed by atoms with van der Waals surface area (Å²) in [4.78, 5) is 28.2. The van der Waals surface area contributed by atoms with Crippen molar-refractivity contribution in [3.63, 3.8) is 0 Å². The average Bonchev–Trinajstić information content (AvgIpc) is 3.06. The molecule has 6 heteroatoms. The summed E-state index contributed by atoms with van der Waals surface area (Å²) < 4.78 is 3.50. The number of benzene rings is 1. The maximum absolute atomic E-state index is 12.9. The predicted molar refractivity (Wildman–Crippen MR) is 122 cm³/mol. The molecule has 1 N–H and O–H groups in total. The maximum atomic E-state index is 12.9. The van der Waals surface area contributed by atoms with Crippen LogP contribution in [0.4, 0.5) is 0 Å². The minimum Gasteiger partial charge on any atom is -0.351 e. The van der Waals surface area contributed by atoms with E-state index in [2.05, 4.69) is 24.1 Å². The van der Waals surface area contributed by atoms with Crippen LogP contribution in [-0.4, -0.2) is 46.1 Å². The minimum atomic E-state index is -0.125. The van der Waals surface area contributed by atoms with Crippen molar-refractivity contribution in [2.45, 2.75) is 26.7 Å². The van der Waals surface area contributed by atoms with Gasteiger partial charge in [-0.05, 0) is 43.4 Å². The van der Waals surface area contributed by atoms with Crippen LogP contribution in [0.15, 0.2) is 35.1 Å². The van der Waals surface area contributed by atoms with E-state index in [9.17, 15) is 9.59 Å². The number of hydrogen-bond donors (Lipinski definition) is 1. The molecule has 3 aromatic rings. The molecule has 1 aromatic carbocycles. The van der Waals surface area contributed by atoms with Crippen LogP contribution in [0.25, 0.3) is 21.8 Å². The molecule has 1 aliphatic heterocycles. The second-order valence-electron chi connectivity index (χ2n) is 9.05. The molecular formula is C24H32N4O2. The van der Waals surface area contributed by atoms with E-state index in [0.717, 1.165) is 54.3 Å². The molecule has 6 nitrogen and oxygen atoms in total. The number of aromatic nitrogens is 2. The summed E-state index contributed by atoms with van der Waals surface area (Å²) in [7, 11) is 3.64. The van der Waals surface area contributed by atoms with Gasteiger partial charge in [0.15, 0.2) is 0 Å². The molecule has 2 atom stereocenters. The Balaban J connectivity index is 1.49. The van der Waals surface area contributed by atoms with Gasteiger partial charge in [0.25, 0.3) is 11.5 Å². The second-order valence-corrected chi connectivity index (χ2v) is 9.05. The van der Waals surface area contributed by atoms with Gasteiger partial charge in [-0.3, -0.25) is 9.59 Å². The number of nitrogens with one attached hydrogen (secondary N) is 1. The van der Waals surface area contributed by atoms with Crippen LogP contribution in [0.1, 0.15) is 37.2 Å². The standard InChI is InChI=1S/C24H32N4O2/c1-16-12-17(2)15-28(14-16)11-7-10-25-23(29)21-13-19-22(26(21)3)18-8-5-6-9-20(18)27(4)24(19)30/h5-6,8-9,13,16-17H,7,10-12,14-15H2,1-4H3,(H,25,29)/t16-,17-/m1/s1. The Morgan fingerprint density at radius 2 is 1.77 bits per heavy atom. The number of amides is 1. The lowest BCUT2D eigenvalue weighted by atomic mass is 9.92. The van der Waals surface area contributed by atoms with Crippen molar-refractivity contribution in [2.24, 2.45) is 25.9 Å². The number of carbonyl (C=O) groups excluding carboxylic acids is 1. The molecule has 0 aliphatic carbocycles. The van der Waals surface area contributed by atoms with Crippen molar-refractivity contribution >= 4 is 27.7 Å². The normalized spacial score (nSPS) is 20.1. The molecular weight excluding hydrogens is 376 g/mol. The number of para-hydroxylation sites is 1. The van der Waals surface area contributed by atoms with Gasteiger partial charge in [-0.1, -0.05) is 32.0 Å². The number of rotatable bonds is 5. The molecule has 0 unspecified atom stereocenters. The molecule has 1 amide bonds. The molecule has 0 radical (unpaired) electrons. The number of aryl methyl sites for hydroxylation is 2. The summed E-state index contributed by atoms with van der Waals surface area (Å²) in [5.41, 5.74) is 2.13. The summed E-state index contributed by atoms with van der Waals surface area (Å²) in [5, 5.41) is 4.61. The van der Waals surface area contributed by atoms with Gasteiger partial charge >= 0.3 is 0 Å². The van der Waals surface area contributed by atoms with Crippen LogP contribution in [0.3, 0.4) is 0 Å². The first kappa shape index (κ1) is 20.7. The number of carbonyl (C=O) groups is 1. The van der Waals surface area contributed by atoms with Gasteiger partial charge < -0.3 is 19.4 Å². The fraction of sp³-hybridized carbons (Fsp3) is 0.500. The van der Waals surface area contributed by atoms with Crippen molar-refractivity contribution < 1.29 is 4.79 Å².